The molecule has 0 N–H and O–H groups in total. The number of Topliss-reactive ketones (excluding diaryl/α,β-unsaturated/α-hetero) is 1. The van der Waals surface area contributed by atoms with Crippen molar-refractivity contribution >= 4 is 5.78 Å². The first-order valence-electron chi connectivity index (χ1n) is 6.55. The summed E-state index contributed by atoms with van der Waals surface area (Å²) in [6.45, 7) is 7.62. The van der Waals surface area contributed by atoms with Gasteiger partial charge in [-0.05, 0) is 39.7 Å². The lowest BCUT2D eigenvalue weighted by Gasteiger charge is -2.35. The zero-order valence-corrected chi connectivity index (χ0v) is 10.7. The number of rotatable bonds is 7. The van der Waals surface area contributed by atoms with Gasteiger partial charge >= 0.3 is 0 Å². The number of carbonyl (C=O) groups excluding carboxylic acids is 1. The average molecular weight is 227 g/mol. The fourth-order valence-corrected chi connectivity index (χ4v) is 2.43. The van der Waals surface area contributed by atoms with Gasteiger partial charge in [-0.25, -0.2) is 0 Å². The molecule has 0 radical (unpaired) electrons. The van der Waals surface area contributed by atoms with Crippen molar-refractivity contribution in [2.24, 2.45) is 0 Å². The summed E-state index contributed by atoms with van der Waals surface area (Å²) in [5.74, 6) is 0.321. The molecular formula is C13H25NO2. The van der Waals surface area contributed by atoms with Crippen LogP contribution in [-0.4, -0.2) is 43.0 Å². The Balaban J connectivity index is 2.26. The van der Waals surface area contributed by atoms with Crippen molar-refractivity contribution < 1.29 is 9.53 Å². The third-order valence-corrected chi connectivity index (χ3v) is 3.21. The van der Waals surface area contributed by atoms with E-state index in [2.05, 4.69) is 4.90 Å². The number of ether oxygens (including phenoxy) is 1. The monoisotopic (exact) mass is 227 g/mol. The molecule has 1 heterocycles. The molecule has 1 aliphatic rings. The van der Waals surface area contributed by atoms with Crippen molar-refractivity contribution in [2.75, 3.05) is 26.3 Å². The van der Waals surface area contributed by atoms with E-state index in [0.29, 0.717) is 11.8 Å². The maximum absolute atomic E-state index is 11.2. The van der Waals surface area contributed by atoms with E-state index >= 15 is 0 Å². The summed E-state index contributed by atoms with van der Waals surface area (Å²) in [5.41, 5.74) is 0. The first kappa shape index (κ1) is 13.7. The first-order valence-corrected chi connectivity index (χ1v) is 6.55. The summed E-state index contributed by atoms with van der Waals surface area (Å²) in [5, 5.41) is 0. The van der Waals surface area contributed by atoms with Gasteiger partial charge in [0.2, 0.25) is 0 Å². The van der Waals surface area contributed by atoms with E-state index in [-0.39, 0.29) is 0 Å². The Morgan fingerprint density at radius 2 is 2.25 bits per heavy atom. The Labute approximate surface area is 99.1 Å². The second-order valence-electron chi connectivity index (χ2n) is 4.64. The van der Waals surface area contributed by atoms with E-state index in [1.54, 1.807) is 6.92 Å². The number of ketones is 1. The van der Waals surface area contributed by atoms with Gasteiger partial charge in [0.15, 0.2) is 0 Å². The van der Waals surface area contributed by atoms with Gasteiger partial charge in [-0.3, -0.25) is 9.69 Å². The number of nitrogens with zero attached hydrogens (tertiary/aromatic N) is 1. The lowest BCUT2D eigenvalue weighted by molar-refractivity contribution is -0.118. The fraction of sp³-hybridized carbons (Fsp3) is 0.923. The average Bonchev–Trinajstić information content (AvgIpc) is 2.26. The van der Waals surface area contributed by atoms with E-state index in [0.717, 1.165) is 39.1 Å². The summed E-state index contributed by atoms with van der Waals surface area (Å²) < 4.78 is 5.35. The highest BCUT2D eigenvalue weighted by Crippen LogP contribution is 2.19. The van der Waals surface area contributed by atoms with Crippen LogP contribution < -0.4 is 0 Å². The van der Waals surface area contributed by atoms with E-state index in [1.807, 2.05) is 6.92 Å². The summed E-state index contributed by atoms with van der Waals surface area (Å²) in [7, 11) is 0. The normalized spacial score (nSPS) is 22.2. The summed E-state index contributed by atoms with van der Waals surface area (Å²) in [6.07, 6.45) is 5.56. The molecule has 0 saturated carbocycles. The van der Waals surface area contributed by atoms with Crippen LogP contribution in [0.25, 0.3) is 0 Å². The van der Waals surface area contributed by atoms with E-state index in [1.165, 1.54) is 19.3 Å². The van der Waals surface area contributed by atoms with Crippen LogP contribution in [-0.2, 0) is 9.53 Å². The number of carbonyl (C=O) groups is 1. The summed E-state index contributed by atoms with van der Waals surface area (Å²) in [4.78, 5) is 13.7. The number of hydrogen-bond acceptors (Lipinski definition) is 3. The zero-order chi connectivity index (χ0) is 11.8. The van der Waals surface area contributed by atoms with Crippen molar-refractivity contribution in [3.8, 4) is 0 Å². The minimum atomic E-state index is 0.321. The predicted molar refractivity (Wildman–Crippen MR) is 65.6 cm³/mol. The molecule has 1 fully saturated rings. The molecule has 0 aromatic carbocycles. The minimum absolute atomic E-state index is 0.321. The predicted octanol–water partition coefficient (Wildman–Crippen LogP) is 2.25. The van der Waals surface area contributed by atoms with Gasteiger partial charge < -0.3 is 4.74 Å². The lowest BCUT2D eigenvalue weighted by Crippen LogP contribution is -2.41. The molecule has 1 atom stereocenters. The zero-order valence-electron chi connectivity index (χ0n) is 10.7. The number of piperidine rings is 1. The van der Waals surface area contributed by atoms with Crippen LogP contribution in [0.4, 0.5) is 0 Å². The third-order valence-electron chi connectivity index (χ3n) is 3.21. The molecule has 0 spiro atoms. The molecule has 94 valence electrons. The maximum Gasteiger partial charge on any atom is 0.131 e. The van der Waals surface area contributed by atoms with Crippen molar-refractivity contribution in [1.29, 1.82) is 0 Å². The van der Waals surface area contributed by atoms with Gasteiger partial charge in [0.05, 0.1) is 0 Å². The Morgan fingerprint density at radius 3 is 2.94 bits per heavy atom. The third kappa shape index (κ3) is 5.08. The number of hydrogen-bond donors (Lipinski definition) is 0. The van der Waals surface area contributed by atoms with Gasteiger partial charge in [0, 0.05) is 32.2 Å². The van der Waals surface area contributed by atoms with Crippen LogP contribution in [0.15, 0.2) is 0 Å². The van der Waals surface area contributed by atoms with Gasteiger partial charge in [0.25, 0.3) is 0 Å². The Morgan fingerprint density at radius 1 is 1.44 bits per heavy atom. The SMILES string of the molecule is CCOCCCN1CCCCC1CC(C)=O. The van der Waals surface area contributed by atoms with Crippen LogP contribution >= 0.6 is 0 Å². The molecule has 1 saturated heterocycles. The van der Waals surface area contributed by atoms with Crippen LogP contribution in [0.3, 0.4) is 0 Å². The molecule has 1 unspecified atom stereocenters. The standard InChI is InChI=1S/C13H25NO2/c1-3-16-10-6-9-14-8-5-4-7-13(14)11-12(2)15/h13H,3-11H2,1-2H3. The fourth-order valence-electron chi connectivity index (χ4n) is 2.43. The highest BCUT2D eigenvalue weighted by molar-refractivity contribution is 5.76. The van der Waals surface area contributed by atoms with Crippen molar-refractivity contribution in [1.82, 2.24) is 4.90 Å². The molecule has 3 nitrogen and oxygen atoms in total. The Bertz CT molecular complexity index is 206. The lowest BCUT2D eigenvalue weighted by atomic mass is 9.97. The van der Waals surface area contributed by atoms with Crippen molar-refractivity contribution in [2.45, 2.75) is 52.0 Å². The van der Waals surface area contributed by atoms with E-state index in [9.17, 15) is 4.79 Å². The quantitative estimate of drug-likeness (QED) is 0.625. The molecule has 0 amide bonds. The molecular weight excluding hydrogens is 202 g/mol. The largest absolute Gasteiger partial charge is 0.382 e. The molecule has 0 aromatic heterocycles. The number of likely N-dealkylation sites (tertiary alicyclic amines) is 1. The second-order valence-corrected chi connectivity index (χ2v) is 4.64. The highest BCUT2D eigenvalue weighted by atomic mass is 16.5. The minimum Gasteiger partial charge on any atom is -0.382 e. The van der Waals surface area contributed by atoms with Gasteiger partial charge in [-0.15, -0.1) is 0 Å². The molecule has 16 heavy (non-hydrogen) atoms. The first-order chi connectivity index (χ1) is 7.74. The molecule has 0 aliphatic carbocycles. The van der Waals surface area contributed by atoms with Crippen LogP contribution in [0.2, 0.25) is 0 Å². The molecule has 0 bridgehead atoms. The van der Waals surface area contributed by atoms with Gasteiger partial charge in [-0.1, -0.05) is 6.42 Å². The second kappa shape index (κ2) is 7.80. The van der Waals surface area contributed by atoms with Crippen molar-refractivity contribution in [3.05, 3.63) is 0 Å². The molecule has 3 heteroatoms. The Hall–Kier alpha value is -0.410. The molecule has 1 rings (SSSR count). The van der Waals surface area contributed by atoms with E-state index < -0.39 is 0 Å². The summed E-state index contributed by atoms with van der Waals surface area (Å²) in [6, 6.07) is 0.493. The topological polar surface area (TPSA) is 29.5 Å². The molecule has 1 aliphatic heterocycles. The maximum atomic E-state index is 11.2. The molecule has 0 aromatic rings. The van der Waals surface area contributed by atoms with E-state index in [4.69, 9.17) is 4.74 Å². The van der Waals surface area contributed by atoms with Crippen LogP contribution in [0.1, 0.15) is 46.0 Å². The summed E-state index contributed by atoms with van der Waals surface area (Å²) >= 11 is 0. The highest BCUT2D eigenvalue weighted by Gasteiger charge is 2.22. The van der Waals surface area contributed by atoms with Gasteiger partial charge in [-0.2, -0.15) is 0 Å². The Kier molecular flexibility index (Phi) is 6.65. The van der Waals surface area contributed by atoms with Gasteiger partial charge in [0.1, 0.15) is 5.78 Å². The van der Waals surface area contributed by atoms with Crippen LogP contribution in [0, 0.1) is 0 Å². The smallest absolute Gasteiger partial charge is 0.131 e. The van der Waals surface area contributed by atoms with Crippen LogP contribution in [0.5, 0.6) is 0 Å². The van der Waals surface area contributed by atoms with Crippen molar-refractivity contribution in [3.63, 3.8) is 0 Å².